The zero-order chi connectivity index (χ0) is 37.8. The number of aromatic nitrogens is 4. The number of rotatable bonds is 7. The summed E-state index contributed by atoms with van der Waals surface area (Å²) < 4.78 is 4.84. The Hall–Kier alpha value is -7.34. The van der Waals surface area contributed by atoms with E-state index < -0.39 is 8.07 Å². The van der Waals surface area contributed by atoms with Gasteiger partial charge in [0.2, 0.25) is 0 Å². The normalized spacial score (nSPS) is 11.9. The van der Waals surface area contributed by atoms with Gasteiger partial charge in [0.25, 0.3) is 0 Å². The first-order chi connectivity index (χ1) is 28.3. The van der Waals surface area contributed by atoms with E-state index in [4.69, 9.17) is 9.97 Å². The molecule has 0 fully saturated rings. The average molecular weight is 745 g/mol. The number of pyridine rings is 2. The van der Waals surface area contributed by atoms with E-state index >= 15 is 0 Å². The molecule has 11 rings (SSSR count). The van der Waals surface area contributed by atoms with Gasteiger partial charge in [-0.25, -0.2) is 4.98 Å². The maximum Gasteiger partial charge on any atom is 0.179 e. The zero-order valence-corrected chi connectivity index (χ0v) is 32.1. The molecule has 4 heterocycles. The fourth-order valence-electron chi connectivity index (χ4n) is 9.17. The van der Waals surface area contributed by atoms with Crippen molar-refractivity contribution in [2.24, 2.45) is 0 Å². The molecule has 0 atom stereocenters. The highest BCUT2D eigenvalue weighted by Crippen LogP contribution is 2.41. The highest BCUT2D eigenvalue weighted by Gasteiger charge is 2.42. The molecule has 4 nitrogen and oxygen atoms in total. The lowest BCUT2D eigenvalue weighted by atomic mass is 10.1. The van der Waals surface area contributed by atoms with Crippen LogP contribution in [0.3, 0.4) is 0 Å². The van der Waals surface area contributed by atoms with Gasteiger partial charge in [-0.2, -0.15) is 0 Å². The minimum Gasteiger partial charge on any atom is -0.307 e. The van der Waals surface area contributed by atoms with E-state index in [0.29, 0.717) is 0 Å². The first-order valence-corrected chi connectivity index (χ1v) is 21.4. The SMILES string of the molecule is c1ccc(-n2c3ccccc3c3ccc4c5cccnc5n(-c5cccc([Si](c6ccccc6)(c6ccccc6)c6cccc(-c7ccccn7)c6)c5)c4c32)cc1. The predicted molar refractivity (Wildman–Crippen MR) is 240 cm³/mol. The van der Waals surface area contributed by atoms with Gasteiger partial charge in [-0.15, -0.1) is 0 Å². The number of benzene rings is 7. The average Bonchev–Trinajstić information content (AvgIpc) is 3.82. The van der Waals surface area contributed by atoms with Gasteiger partial charge in [-0.1, -0.05) is 152 Å². The Morgan fingerprint density at radius 2 is 0.912 bits per heavy atom. The molecule has 7 aromatic carbocycles. The van der Waals surface area contributed by atoms with E-state index in [-0.39, 0.29) is 0 Å². The van der Waals surface area contributed by atoms with Crippen molar-refractivity contribution in [1.29, 1.82) is 0 Å². The molecule has 0 saturated heterocycles. The summed E-state index contributed by atoms with van der Waals surface area (Å²) in [6.07, 6.45) is 3.79. The van der Waals surface area contributed by atoms with Crippen molar-refractivity contribution in [2.45, 2.75) is 0 Å². The van der Waals surface area contributed by atoms with Crippen molar-refractivity contribution in [3.8, 4) is 22.6 Å². The van der Waals surface area contributed by atoms with Gasteiger partial charge in [0.05, 0.1) is 22.2 Å². The third-order valence-corrected chi connectivity index (χ3v) is 16.3. The molecule has 5 heteroatoms. The molecule has 0 saturated carbocycles. The van der Waals surface area contributed by atoms with Crippen molar-refractivity contribution >= 4 is 72.6 Å². The van der Waals surface area contributed by atoms with E-state index in [1.54, 1.807) is 0 Å². The molecular formula is C52H36N4Si. The number of nitrogens with zero attached hydrogens (tertiary/aromatic N) is 4. The summed E-state index contributed by atoms with van der Waals surface area (Å²) in [5.41, 5.74) is 8.70. The van der Waals surface area contributed by atoms with Crippen LogP contribution in [0.15, 0.2) is 219 Å². The molecule has 0 aliphatic carbocycles. The summed E-state index contributed by atoms with van der Waals surface area (Å²) in [6, 6.07) is 75.1. The summed E-state index contributed by atoms with van der Waals surface area (Å²) in [7, 11) is -2.95. The molecule has 0 bridgehead atoms. The third-order valence-electron chi connectivity index (χ3n) is 11.5. The molecule has 0 aliphatic heterocycles. The molecule has 0 amide bonds. The van der Waals surface area contributed by atoms with Gasteiger partial charge in [0, 0.05) is 50.9 Å². The maximum atomic E-state index is 5.13. The number of para-hydroxylation sites is 2. The highest BCUT2D eigenvalue weighted by atomic mass is 28.3. The van der Waals surface area contributed by atoms with Crippen LogP contribution >= 0.6 is 0 Å². The zero-order valence-electron chi connectivity index (χ0n) is 31.1. The second-order valence-corrected chi connectivity index (χ2v) is 18.4. The summed E-state index contributed by atoms with van der Waals surface area (Å²) in [5.74, 6) is 0. The second kappa shape index (κ2) is 13.4. The van der Waals surface area contributed by atoms with Crippen LogP contribution in [0.25, 0.3) is 66.4 Å². The maximum absolute atomic E-state index is 5.13. The molecule has 0 radical (unpaired) electrons. The summed E-state index contributed by atoms with van der Waals surface area (Å²) in [5, 5.41) is 9.97. The first-order valence-electron chi connectivity index (χ1n) is 19.4. The van der Waals surface area contributed by atoms with Crippen molar-refractivity contribution in [3.05, 3.63) is 219 Å². The summed E-state index contributed by atoms with van der Waals surface area (Å²) in [6.45, 7) is 0. The fourth-order valence-corrected chi connectivity index (χ4v) is 14.0. The first kappa shape index (κ1) is 33.0. The molecule has 57 heavy (non-hydrogen) atoms. The Labute approximate surface area is 331 Å². The lowest BCUT2D eigenvalue weighted by molar-refractivity contribution is 1.12. The van der Waals surface area contributed by atoms with Crippen LogP contribution in [0.4, 0.5) is 0 Å². The monoisotopic (exact) mass is 744 g/mol. The van der Waals surface area contributed by atoms with Gasteiger partial charge in [-0.05, 0) is 75.3 Å². The molecule has 0 spiro atoms. The fraction of sp³-hybridized carbons (Fsp3) is 0. The quantitative estimate of drug-likeness (QED) is 0.120. The minimum atomic E-state index is -2.95. The van der Waals surface area contributed by atoms with Crippen molar-refractivity contribution in [2.75, 3.05) is 0 Å². The van der Waals surface area contributed by atoms with Crippen LogP contribution in [0.1, 0.15) is 0 Å². The van der Waals surface area contributed by atoms with Crippen LogP contribution in [-0.2, 0) is 0 Å². The van der Waals surface area contributed by atoms with Crippen LogP contribution in [0.5, 0.6) is 0 Å². The predicted octanol–water partition coefficient (Wildman–Crippen LogP) is 9.72. The standard InChI is InChI=1S/C52H36N4Si/c1-4-18-38(19-5-1)55-49-30-11-10-27-44(49)45-31-32-46-47-28-16-34-54-52(47)56(51(46)50(45)55)39-20-15-26-43(36-39)57(40-21-6-2-7-22-40,41-23-8-3-9-24-41)42-25-14-17-37(35-42)48-29-12-13-33-53-48/h1-36H. The van der Waals surface area contributed by atoms with Crippen LogP contribution < -0.4 is 20.7 Å². The van der Waals surface area contributed by atoms with Crippen molar-refractivity contribution < 1.29 is 0 Å². The van der Waals surface area contributed by atoms with Gasteiger partial charge >= 0.3 is 0 Å². The lowest BCUT2D eigenvalue weighted by Gasteiger charge is -2.35. The van der Waals surface area contributed by atoms with E-state index in [9.17, 15) is 0 Å². The van der Waals surface area contributed by atoms with E-state index in [1.807, 2.05) is 18.5 Å². The smallest absolute Gasteiger partial charge is 0.179 e. The molecule has 0 N–H and O–H groups in total. The number of hydrogen-bond donors (Lipinski definition) is 0. The topological polar surface area (TPSA) is 35.6 Å². The van der Waals surface area contributed by atoms with Crippen molar-refractivity contribution in [3.63, 3.8) is 0 Å². The third kappa shape index (κ3) is 5.13. The molecule has 0 aliphatic rings. The van der Waals surface area contributed by atoms with Gasteiger partial charge in [0.15, 0.2) is 8.07 Å². The molecule has 268 valence electrons. The van der Waals surface area contributed by atoms with Crippen molar-refractivity contribution in [1.82, 2.24) is 19.1 Å². The Morgan fingerprint density at radius 3 is 1.65 bits per heavy atom. The van der Waals surface area contributed by atoms with E-state index in [0.717, 1.165) is 39.2 Å². The van der Waals surface area contributed by atoms with Gasteiger partial charge < -0.3 is 4.57 Å². The number of fused-ring (bicyclic) bond motifs is 7. The second-order valence-electron chi connectivity index (χ2n) is 14.6. The van der Waals surface area contributed by atoms with Gasteiger partial charge in [0.1, 0.15) is 5.65 Å². The molecular weight excluding hydrogens is 709 g/mol. The largest absolute Gasteiger partial charge is 0.307 e. The van der Waals surface area contributed by atoms with E-state index in [1.165, 1.54) is 47.9 Å². The summed E-state index contributed by atoms with van der Waals surface area (Å²) in [4.78, 5) is 9.90. The Kier molecular flexibility index (Phi) is 7.79. The lowest BCUT2D eigenvalue weighted by Crippen LogP contribution is -2.74. The van der Waals surface area contributed by atoms with Crippen LogP contribution in [-0.4, -0.2) is 27.2 Å². The summed E-state index contributed by atoms with van der Waals surface area (Å²) >= 11 is 0. The Morgan fingerprint density at radius 1 is 0.351 bits per heavy atom. The van der Waals surface area contributed by atoms with E-state index in [2.05, 4.69) is 209 Å². The molecule has 0 unspecified atom stereocenters. The highest BCUT2D eigenvalue weighted by molar-refractivity contribution is 7.20. The number of hydrogen-bond acceptors (Lipinski definition) is 2. The Balaban J connectivity index is 1.26. The van der Waals surface area contributed by atoms with Crippen LogP contribution in [0.2, 0.25) is 0 Å². The minimum absolute atomic E-state index is 0.936. The Bertz CT molecular complexity index is 3190. The molecule has 11 aromatic rings. The molecule has 4 aromatic heterocycles. The van der Waals surface area contributed by atoms with Crippen LogP contribution in [0, 0.1) is 0 Å². The van der Waals surface area contributed by atoms with Gasteiger partial charge in [-0.3, -0.25) is 9.55 Å².